The van der Waals surface area contributed by atoms with E-state index in [1.165, 1.54) is 6.33 Å². The van der Waals surface area contributed by atoms with Crippen LogP contribution in [0.5, 0.6) is 0 Å². The number of benzene rings is 2. The van der Waals surface area contributed by atoms with Gasteiger partial charge in [-0.05, 0) is 49.2 Å². The Morgan fingerprint density at radius 3 is 2.85 bits per heavy atom. The number of nitrogens with one attached hydrogen (secondary N) is 1. The van der Waals surface area contributed by atoms with Gasteiger partial charge in [-0.3, -0.25) is 4.40 Å². The highest BCUT2D eigenvalue weighted by atomic mass is 35.5. The maximum absolute atomic E-state index is 11.5. The van der Waals surface area contributed by atoms with Gasteiger partial charge in [0.15, 0.2) is 5.65 Å². The Morgan fingerprint density at radius 1 is 1.30 bits per heavy atom. The van der Waals surface area contributed by atoms with Crippen LogP contribution in [-0.4, -0.2) is 30.7 Å². The summed E-state index contributed by atoms with van der Waals surface area (Å²) in [5.74, 6) is -0.981. The van der Waals surface area contributed by atoms with E-state index in [4.69, 9.17) is 11.6 Å². The average Bonchev–Trinajstić information content (AvgIpc) is 3.13. The van der Waals surface area contributed by atoms with Crippen molar-refractivity contribution in [2.45, 2.75) is 19.9 Å². The molecular formula is C19H16ClN5O2. The van der Waals surface area contributed by atoms with Crippen LogP contribution >= 0.6 is 11.6 Å². The summed E-state index contributed by atoms with van der Waals surface area (Å²) in [7, 11) is 0. The number of carboxylic acid groups (broad SMARTS) is 1. The molecule has 0 aliphatic rings. The summed E-state index contributed by atoms with van der Waals surface area (Å²) >= 11 is 6.29. The van der Waals surface area contributed by atoms with Gasteiger partial charge in [-0.25, -0.2) is 9.78 Å². The Morgan fingerprint density at radius 2 is 2.07 bits per heavy atom. The summed E-state index contributed by atoms with van der Waals surface area (Å²) in [6.07, 6.45) is 1.52. The second kappa shape index (κ2) is 6.51. The number of aromatic carboxylic acids is 1. The molecule has 27 heavy (non-hydrogen) atoms. The molecule has 0 radical (unpaired) electrons. The van der Waals surface area contributed by atoms with Crippen LogP contribution in [0, 0.1) is 6.92 Å². The lowest BCUT2D eigenvalue weighted by Gasteiger charge is -2.19. The van der Waals surface area contributed by atoms with Crippen molar-refractivity contribution in [2.24, 2.45) is 0 Å². The molecule has 2 aromatic carbocycles. The zero-order chi connectivity index (χ0) is 19.1. The number of carboxylic acids is 1. The van der Waals surface area contributed by atoms with Gasteiger partial charge in [0.05, 0.1) is 17.1 Å². The standard InChI is InChI=1S/C19H16ClN5O2/c1-10-7-13(11(2)22-15-6-4-3-5-12(15)18(26)27)16-14(8-10)17-24-21-9-25(17)19(20)23-16/h3-9,11,22H,1-2H3,(H,26,27). The molecule has 0 bridgehead atoms. The molecule has 0 fully saturated rings. The zero-order valence-corrected chi connectivity index (χ0v) is 15.4. The van der Waals surface area contributed by atoms with Crippen LogP contribution < -0.4 is 5.32 Å². The number of carbonyl (C=O) groups is 1. The molecule has 1 atom stereocenters. The van der Waals surface area contributed by atoms with Crippen molar-refractivity contribution < 1.29 is 9.90 Å². The summed E-state index contributed by atoms with van der Waals surface area (Å²) in [4.78, 5) is 16.0. The number of halogens is 1. The minimum Gasteiger partial charge on any atom is -0.478 e. The minimum atomic E-state index is -0.981. The lowest BCUT2D eigenvalue weighted by molar-refractivity contribution is 0.0698. The first kappa shape index (κ1) is 17.2. The topological polar surface area (TPSA) is 92.4 Å². The van der Waals surface area contributed by atoms with Gasteiger partial charge >= 0.3 is 5.97 Å². The number of hydrogen-bond acceptors (Lipinski definition) is 5. The first-order valence-electron chi connectivity index (χ1n) is 8.34. The van der Waals surface area contributed by atoms with E-state index in [0.29, 0.717) is 16.9 Å². The number of rotatable bonds is 4. The quantitative estimate of drug-likeness (QED) is 0.517. The predicted molar refractivity (Wildman–Crippen MR) is 103 cm³/mol. The lowest BCUT2D eigenvalue weighted by atomic mass is 10.0. The van der Waals surface area contributed by atoms with Crippen LogP contribution in [0.15, 0.2) is 42.7 Å². The SMILES string of the molecule is Cc1cc(C(C)Nc2ccccc2C(=O)O)c2nc(Cl)n3cnnc3c2c1. The van der Waals surface area contributed by atoms with Gasteiger partial charge in [0.25, 0.3) is 0 Å². The highest BCUT2D eigenvalue weighted by Crippen LogP contribution is 2.31. The fraction of sp³-hybridized carbons (Fsp3) is 0.158. The normalized spacial score (nSPS) is 12.4. The van der Waals surface area contributed by atoms with Gasteiger partial charge in [-0.15, -0.1) is 10.2 Å². The van der Waals surface area contributed by atoms with E-state index in [9.17, 15) is 9.90 Å². The molecular weight excluding hydrogens is 366 g/mol. The summed E-state index contributed by atoms with van der Waals surface area (Å²) in [5.41, 5.74) is 4.03. The first-order valence-corrected chi connectivity index (χ1v) is 8.72. The van der Waals surface area contributed by atoms with Crippen LogP contribution in [0.1, 0.15) is 34.5 Å². The molecule has 4 aromatic rings. The molecule has 2 heterocycles. The number of para-hydroxylation sites is 1. The molecule has 0 spiro atoms. The number of fused-ring (bicyclic) bond motifs is 3. The van der Waals surface area contributed by atoms with Gasteiger partial charge in [0.2, 0.25) is 5.28 Å². The number of hydrogen-bond donors (Lipinski definition) is 2. The van der Waals surface area contributed by atoms with Crippen LogP contribution in [0.4, 0.5) is 5.69 Å². The molecule has 0 amide bonds. The van der Waals surface area contributed by atoms with Gasteiger partial charge in [-0.1, -0.05) is 18.2 Å². The minimum absolute atomic E-state index is 0.207. The smallest absolute Gasteiger partial charge is 0.337 e. The fourth-order valence-electron chi connectivity index (χ4n) is 3.24. The summed E-state index contributed by atoms with van der Waals surface area (Å²) < 4.78 is 1.63. The molecule has 4 rings (SSSR count). The second-order valence-electron chi connectivity index (χ2n) is 6.37. The Bertz CT molecular complexity index is 1190. The zero-order valence-electron chi connectivity index (χ0n) is 14.6. The maximum atomic E-state index is 11.5. The molecule has 2 aromatic heterocycles. The third-order valence-corrected chi connectivity index (χ3v) is 4.74. The molecule has 8 heteroatoms. The lowest BCUT2D eigenvalue weighted by Crippen LogP contribution is -2.12. The van der Waals surface area contributed by atoms with E-state index >= 15 is 0 Å². The number of anilines is 1. The van der Waals surface area contributed by atoms with E-state index in [-0.39, 0.29) is 16.9 Å². The molecule has 1 unspecified atom stereocenters. The van der Waals surface area contributed by atoms with Crippen molar-refractivity contribution in [1.29, 1.82) is 0 Å². The molecule has 0 saturated carbocycles. The Balaban J connectivity index is 1.86. The average molecular weight is 382 g/mol. The predicted octanol–water partition coefficient (Wildman–Crippen LogP) is 4.11. The highest BCUT2D eigenvalue weighted by Gasteiger charge is 2.18. The molecule has 2 N–H and O–H groups in total. The van der Waals surface area contributed by atoms with E-state index < -0.39 is 5.97 Å². The fourth-order valence-corrected chi connectivity index (χ4v) is 3.45. The largest absolute Gasteiger partial charge is 0.478 e. The third kappa shape index (κ3) is 2.96. The van der Waals surface area contributed by atoms with Gasteiger partial charge in [0, 0.05) is 16.6 Å². The molecule has 136 valence electrons. The number of nitrogens with zero attached hydrogens (tertiary/aromatic N) is 4. The molecule has 7 nitrogen and oxygen atoms in total. The Kier molecular flexibility index (Phi) is 4.16. The van der Waals surface area contributed by atoms with Crippen LogP contribution in [0.2, 0.25) is 5.28 Å². The van der Waals surface area contributed by atoms with E-state index in [2.05, 4.69) is 20.5 Å². The Labute approximate surface area is 159 Å². The number of aryl methyl sites for hydroxylation is 1. The summed E-state index contributed by atoms with van der Waals surface area (Å²) in [6.45, 7) is 3.94. The molecule has 0 aliphatic carbocycles. The summed E-state index contributed by atoms with van der Waals surface area (Å²) in [6, 6.07) is 10.6. The van der Waals surface area contributed by atoms with Crippen LogP contribution in [0.3, 0.4) is 0 Å². The van der Waals surface area contributed by atoms with Crippen molar-refractivity contribution in [3.8, 4) is 0 Å². The highest BCUT2D eigenvalue weighted by molar-refractivity contribution is 6.29. The van der Waals surface area contributed by atoms with Gasteiger partial charge < -0.3 is 10.4 Å². The molecule has 0 saturated heterocycles. The van der Waals surface area contributed by atoms with E-state index in [1.807, 2.05) is 26.0 Å². The van der Waals surface area contributed by atoms with Crippen molar-refractivity contribution in [2.75, 3.05) is 5.32 Å². The number of aromatic nitrogens is 4. The summed E-state index contributed by atoms with van der Waals surface area (Å²) in [5, 5.41) is 21.9. The van der Waals surface area contributed by atoms with E-state index in [0.717, 1.165) is 16.5 Å². The van der Waals surface area contributed by atoms with Crippen molar-refractivity contribution >= 4 is 39.8 Å². The van der Waals surface area contributed by atoms with Gasteiger partial charge in [-0.2, -0.15) is 0 Å². The van der Waals surface area contributed by atoms with Crippen molar-refractivity contribution in [3.63, 3.8) is 0 Å². The first-order chi connectivity index (χ1) is 13.0. The Hall–Kier alpha value is -3.19. The van der Waals surface area contributed by atoms with Gasteiger partial charge in [0.1, 0.15) is 6.33 Å². The monoisotopic (exact) mass is 381 g/mol. The maximum Gasteiger partial charge on any atom is 0.337 e. The van der Waals surface area contributed by atoms with Crippen molar-refractivity contribution in [3.05, 3.63) is 64.7 Å². The third-order valence-electron chi connectivity index (χ3n) is 4.47. The molecule has 0 aliphatic heterocycles. The van der Waals surface area contributed by atoms with Crippen LogP contribution in [-0.2, 0) is 0 Å². The van der Waals surface area contributed by atoms with Crippen LogP contribution in [0.25, 0.3) is 16.6 Å². The van der Waals surface area contributed by atoms with E-state index in [1.54, 1.807) is 28.7 Å². The van der Waals surface area contributed by atoms with Crippen molar-refractivity contribution in [1.82, 2.24) is 19.6 Å². The second-order valence-corrected chi connectivity index (χ2v) is 6.71.